The maximum atomic E-state index is 12.7. The van der Waals surface area contributed by atoms with Crippen LogP contribution in [0.1, 0.15) is 45.4 Å². The Hall–Kier alpha value is -1.95. The number of rotatable bonds is 5. The van der Waals surface area contributed by atoms with Crippen LogP contribution < -0.4 is 10.6 Å². The molecule has 2 N–H and O–H groups in total. The number of carbonyl (C=O) groups is 2. The van der Waals surface area contributed by atoms with Gasteiger partial charge in [-0.3, -0.25) is 14.5 Å². The fourth-order valence-electron chi connectivity index (χ4n) is 3.92. The van der Waals surface area contributed by atoms with Crippen molar-refractivity contribution in [3.8, 4) is 0 Å². The highest BCUT2D eigenvalue weighted by Crippen LogP contribution is 2.30. The van der Waals surface area contributed by atoms with E-state index < -0.39 is 5.41 Å². The van der Waals surface area contributed by atoms with Crippen molar-refractivity contribution in [3.05, 3.63) is 24.4 Å². The second kappa shape index (κ2) is 7.95. The molecule has 6 heteroatoms. The minimum atomic E-state index is -0.411. The summed E-state index contributed by atoms with van der Waals surface area (Å²) < 4.78 is 0. The number of hydrogen-bond acceptors (Lipinski definition) is 4. The van der Waals surface area contributed by atoms with Crippen LogP contribution in [0.3, 0.4) is 0 Å². The molecule has 25 heavy (non-hydrogen) atoms. The van der Waals surface area contributed by atoms with Crippen molar-refractivity contribution < 1.29 is 9.59 Å². The van der Waals surface area contributed by atoms with Crippen molar-refractivity contribution in [1.29, 1.82) is 0 Å². The Balaban J connectivity index is 1.52. The van der Waals surface area contributed by atoms with Crippen LogP contribution in [0.2, 0.25) is 0 Å². The number of nitrogens with zero attached hydrogens (tertiary/aromatic N) is 2. The van der Waals surface area contributed by atoms with E-state index in [0.29, 0.717) is 24.9 Å². The summed E-state index contributed by atoms with van der Waals surface area (Å²) in [6, 6.07) is 5.77. The van der Waals surface area contributed by atoms with Gasteiger partial charge in [-0.25, -0.2) is 4.98 Å². The average molecular weight is 344 g/mol. The third-order valence-corrected chi connectivity index (χ3v) is 5.31. The van der Waals surface area contributed by atoms with Gasteiger partial charge in [-0.15, -0.1) is 0 Å². The van der Waals surface area contributed by atoms with Crippen LogP contribution >= 0.6 is 0 Å². The molecule has 2 amide bonds. The molecule has 3 rings (SSSR count). The van der Waals surface area contributed by atoms with E-state index in [0.717, 1.165) is 32.2 Å². The second-order valence-electron chi connectivity index (χ2n) is 7.59. The van der Waals surface area contributed by atoms with Gasteiger partial charge in [0.05, 0.1) is 12.0 Å². The highest BCUT2D eigenvalue weighted by Gasteiger charge is 2.39. The van der Waals surface area contributed by atoms with Crippen molar-refractivity contribution in [3.63, 3.8) is 0 Å². The second-order valence-corrected chi connectivity index (χ2v) is 7.59. The largest absolute Gasteiger partial charge is 0.353 e. The molecule has 1 saturated heterocycles. The number of anilines is 1. The van der Waals surface area contributed by atoms with Crippen molar-refractivity contribution in [1.82, 2.24) is 15.2 Å². The third kappa shape index (κ3) is 4.78. The summed E-state index contributed by atoms with van der Waals surface area (Å²) in [7, 11) is 0. The Morgan fingerprint density at radius 3 is 2.80 bits per heavy atom. The number of likely N-dealkylation sites (tertiary alicyclic amines) is 1. The van der Waals surface area contributed by atoms with Gasteiger partial charge >= 0.3 is 0 Å². The van der Waals surface area contributed by atoms with Gasteiger partial charge in [-0.05, 0) is 51.3 Å². The molecular weight excluding hydrogens is 316 g/mol. The summed E-state index contributed by atoms with van der Waals surface area (Å²) in [4.78, 5) is 31.2. The molecule has 1 aromatic heterocycles. The van der Waals surface area contributed by atoms with Crippen molar-refractivity contribution in [2.24, 2.45) is 5.41 Å². The molecule has 0 aromatic carbocycles. The van der Waals surface area contributed by atoms with E-state index in [9.17, 15) is 9.59 Å². The molecule has 2 fully saturated rings. The lowest BCUT2D eigenvalue weighted by molar-refractivity contribution is -0.135. The van der Waals surface area contributed by atoms with E-state index in [1.54, 1.807) is 12.3 Å². The minimum absolute atomic E-state index is 0.0841. The number of aromatic nitrogens is 1. The SMILES string of the molecule is C[C@]1(C(=O)NC2CCCC2)CCCN(CC(=O)Nc2ccccn2)C1. The predicted molar refractivity (Wildman–Crippen MR) is 97.0 cm³/mol. The zero-order chi connectivity index (χ0) is 17.7. The maximum absolute atomic E-state index is 12.7. The zero-order valence-electron chi connectivity index (χ0n) is 15.0. The van der Waals surface area contributed by atoms with Crippen LogP contribution in [0.15, 0.2) is 24.4 Å². The third-order valence-electron chi connectivity index (χ3n) is 5.31. The maximum Gasteiger partial charge on any atom is 0.239 e. The quantitative estimate of drug-likeness (QED) is 0.859. The van der Waals surface area contributed by atoms with Crippen molar-refractivity contribution in [2.75, 3.05) is 25.0 Å². The highest BCUT2D eigenvalue weighted by atomic mass is 16.2. The van der Waals surface area contributed by atoms with Crippen molar-refractivity contribution in [2.45, 2.75) is 51.5 Å². The Morgan fingerprint density at radius 1 is 1.28 bits per heavy atom. The number of amides is 2. The van der Waals surface area contributed by atoms with Gasteiger partial charge in [0.25, 0.3) is 0 Å². The van der Waals surface area contributed by atoms with Crippen LogP contribution in [0, 0.1) is 5.41 Å². The number of nitrogens with one attached hydrogen (secondary N) is 2. The Morgan fingerprint density at radius 2 is 2.08 bits per heavy atom. The number of piperidine rings is 1. The standard InChI is InChI=1S/C19H28N4O2/c1-19(18(25)21-15-7-2-3-8-15)10-6-12-23(14-19)13-17(24)22-16-9-4-5-11-20-16/h4-5,9,11,15H,2-3,6-8,10,12-14H2,1H3,(H,21,25)(H,20,22,24)/t19-/m0/s1. The molecular formula is C19H28N4O2. The zero-order valence-corrected chi connectivity index (χ0v) is 15.0. The van der Waals surface area contributed by atoms with Gasteiger partial charge in [0.15, 0.2) is 0 Å². The lowest BCUT2D eigenvalue weighted by atomic mass is 9.80. The fraction of sp³-hybridized carbons (Fsp3) is 0.632. The molecule has 1 aliphatic carbocycles. The monoisotopic (exact) mass is 344 g/mol. The van der Waals surface area contributed by atoms with Crippen LogP contribution in [0.5, 0.6) is 0 Å². The number of carbonyl (C=O) groups excluding carboxylic acids is 2. The molecule has 0 spiro atoms. The minimum Gasteiger partial charge on any atom is -0.353 e. The van der Waals surface area contributed by atoms with E-state index >= 15 is 0 Å². The van der Waals surface area contributed by atoms with E-state index in [2.05, 4.69) is 20.5 Å². The Labute approximate surface area is 149 Å². The molecule has 136 valence electrons. The van der Waals surface area contributed by atoms with Gasteiger partial charge in [0, 0.05) is 18.8 Å². The van der Waals surface area contributed by atoms with Gasteiger partial charge in [-0.1, -0.05) is 18.9 Å². The molecule has 0 unspecified atom stereocenters. The topological polar surface area (TPSA) is 74.3 Å². The number of hydrogen-bond donors (Lipinski definition) is 2. The molecule has 0 radical (unpaired) electrons. The summed E-state index contributed by atoms with van der Waals surface area (Å²) in [6.07, 6.45) is 8.08. The lowest BCUT2D eigenvalue weighted by Crippen LogP contribution is -2.53. The summed E-state index contributed by atoms with van der Waals surface area (Å²) in [5.41, 5.74) is -0.411. The fourth-order valence-corrected chi connectivity index (χ4v) is 3.92. The summed E-state index contributed by atoms with van der Waals surface area (Å²) in [5.74, 6) is 0.625. The first-order chi connectivity index (χ1) is 12.0. The van der Waals surface area contributed by atoms with Crippen LogP contribution in [-0.2, 0) is 9.59 Å². The van der Waals surface area contributed by atoms with E-state index in [4.69, 9.17) is 0 Å². The molecule has 0 bridgehead atoms. The van der Waals surface area contributed by atoms with Gasteiger partial charge < -0.3 is 10.6 Å². The van der Waals surface area contributed by atoms with Crippen LogP contribution in [0.25, 0.3) is 0 Å². The molecule has 1 aromatic rings. The average Bonchev–Trinajstić information content (AvgIpc) is 3.08. The molecule has 2 heterocycles. The normalized spacial score (nSPS) is 24.8. The predicted octanol–water partition coefficient (Wildman–Crippen LogP) is 2.18. The highest BCUT2D eigenvalue weighted by molar-refractivity contribution is 5.91. The molecule has 1 aliphatic heterocycles. The summed E-state index contributed by atoms with van der Waals surface area (Å²) in [6.45, 7) is 3.80. The van der Waals surface area contributed by atoms with Crippen LogP contribution in [0.4, 0.5) is 5.82 Å². The molecule has 1 saturated carbocycles. The van der Waals surface area contributed by atoms with Gasteiger partial charge in [-0.2, -0.15) is 0 Å². The first kappa shape index (κ1) is 17.9. The first-order valence-electron chi connectivity index (χ1n) is 9.29. The summed E-state index contributed by atoms with van der Waals surface area (Å²) in [5, 5.41) is 6.04. The molecule has 2 aliphatic rings. The van der Waals surface area contributed by atoms with E-state index in [1.165, 1.54) is 12.8 Å². The van der Waals surface area contributed by atoms with Gasteiger partial charge in [0.2, 0.25) is 11.8 Å². The Kier molecular flexibility index (Phi) is 5.68. The van der Waals surface area contributed by atoms with Gasteiger partial charge in [0.1, 0.15) is 5.82 Å². The first-order valence-corrected chi connectivity index (χ1v) is 9.29. The van der Waals surface area contributed by atoms with Crippen molar-refractivity contribution >= 4 is 17.6 Å². The Bertz CT molecular complexity index is 601. The van der Waals surface area contributed by atoms with E-state index in [1.807, 2.05) is 19.1 Å². The number of pyridine rings is 1. The summed E-state index contributed by atoms with van der Waals surface area (Å²) >= 11 is 0. The van der Waals surface area contributed by atoms with E-state index in [-0.39, 0.29) is 11.8 Å². The van der Waals surface area contributed by atoms with Crippen LogP contribution in [-0.4, -0.2) is 47.4 Å². The molecule has 6 nitrogen and oxygen atoms in total. The lowest BCUT2D eigenvalue weighted by Gasteiger charge is -2.39. The smallest absolute Gasteiger partial charge is 0.239 e. The molecule has 1 atom stereocenters.